The molecule has 0 aliphatic heterocycles. The standard InChI is InChI=1S/C51H32N4S/c1-4-13-35(14-5-1)49-52-50(36-15-6-2-7-16-36)54-51(53-49)38-27-29-42-47(32-38)56-46-22-12-20-40(48(42)46)34-25-23-33(24-26-34)37-28-30-45-43(31-37)41-19-10-11-21-44(41)55(45)39-17-8-3-9-18-39/h1-32H. The molecule has 8 aromatic carbocycles. The lowest BCUT2D eigenvalue weighted by molar-refractivity contribution is 1.07. The maximum Gasteiger partial charge on any atom is 0.164 e. The molecule has 56 heavy (non-hydrogen) atoms. The molecule has 0 radical (unpaired) electrons. The van der Waals surface area contributed by atoms with Crippen LogP contribution in [0.15, 0.2) is 194 Å². The molecule has 0 aliphatic carbocycles. The average molecular weight is 733 g/mol. The van der Waals surface area contributed by atoms with Crippen LogP contribution in [0, 0.1) is 0 Å². The molecule has 11 aromatic rings. The fourth-order valence-electron chi connectivity index (χ4n) is 7.99. The first-order valence-electron chi connectivity index (χ1n) is 18.8. The molecule has 3 aromatic heterocycles. The minimum atomic E-state index is 0.662. The number of hydrogen-bond donors (Lipinski definition) is 0. The van der Waals surface area contributed by atoms with Gasteiger partial charge in [0.05, 0.1) is 11.0 Å². The summed E-state index contributed by atoms with van der Waals surface area (Å²) in [6.45, 7) is 0. The number of thiophene rings is 1. The Kier molecular flexibility index (Phi) is 7.64. The van der Waals surface area contributed by atoms with Crippen LogP contribution in [0.25, 0.3) is 104 Å². The maximum absolute atomic E-state index is 4.99. The second kappa shape index (κ2) is 13.3. The Hall–Kier alpha value is -7.21. The smallest absolute Gasteiger partial charge is 0.164 e. The molecular weight excluding hydrogens is 701 g/mol. The number of nitrogens with zero attached hydrogens (tertiary/aromatic N) is 4. The number of rotatable bonds is 6. The highest BCUT2D eigenvalue weighted by Crippen LogP contribution is 2.42. The molecule has 0 spiro atoms. The van der Waals surface area contributed by atoms with E-state index in [0.29, 0.717) is 17.5 Å². The van der Waals surface area contributed by atoms with Crippen LogP contribution in [-0.4, -0.2) is 19.5 Å². The topological polar surface area (TPSA) is 43.6 Å². The molecule has 262 valence electrons. The van der Waals surface area contributed by atoms with Gasteiger partial charge in [-0.25, -0.2) is 15.0 Å². The molecule has 0 unspecified atom stereocenters. The van der Waals surface area contributed by atoms with Gasteiger partial charge in [0.25, 0.3) is 0 Å². The Morgan fingerprint density at radius 2 is 0.911 bits per heavy atom. The maximum atomic E-state index is 4.99. The molecule has 0 bridgehead atoms. The zero-order valence-corrected chi connectivity index (χ0v) is 31.0. The van der Waals surface area contributed by atoms with Gasteiger partial charge in [-0.3, -0.25) is 0 Å². The molecule has 0 fully saturated rings. The van der Waals surface area contributed by atoms with E-state index in [-0.39, 0.29) is 0 Å². The molecule has 0 saturated heterocycles. The Morgan fingerprint density at radius 3 is 1.62 bits per heavy atom. The minimum absolute atomic E-state index is 0.662. The van der Waals surface area contributed by atoms with E-state index >= 15 is 0 Å². The van der Waals surface area contributed by atoms with Crippen LogP contribution in [0.4, 0.5) is 0 Å². The van der Waals surface area contributed by atoms with E-state index in [1.165, 1.54) is 69.9 Å². The second-order valence-corrected chi connectivity index (χ2v) is 15.1. The van der Waals surface area contributed by atoms with Crippen molar-refractivity contribution in [2.24, 2.45) is 0 Å². The van der Waals surface area contributed by atoms with E-state index < -0.39 is 0 Å². The van der Waals surface area contributed by atoms with Crippen molar-refractivity contribution in [3.63, 3.8) is 0 Å². The lowest BCUT2D eigenvalue weighted by Gasteiger charge is -2.09. The van der Waals surface area contributed by atoms with E-state index in [4.69, 9.17) is 15.0 Å². The SMILES string of the molecule is c1ccc(-c2nc(-c3ccccc3)nc(-c3ccc4c(c3)sc3cccc(-c5ccc(-c6ccc7c(c6)c6ccccc6n7-c6ccccc6)cc5)c34)n2)cc1. The Morgan fingerprint density at radius 1 is 0.339 bits per heavy atom. The third-order valence-electron chi connectivity index (χ3n) is 10.7. The Balaban J connectivity index is 0.970. The van der Waals surface area contributed by atoms with E-state index in [1.807, 2.05) is 72.0 Å². The van der Waals surface area contributed by atoms with Gasteiger partial charge in [-0.2, -0.15) is 0 Å². The zero-order chi connectivity index (χ0) is 37.0. The third-order valence-corrected chi connectivity index (χ3v) is 11.8. The van der Waals surface area contributed by atoms with Crippen LogP contribution in [0.2, 0.25) is 0 Å². The fraction of sp³-hybridized carbons (Fsp3) is 0. The lowest BCUT2D eigenvalue weighted by atomic mass is 9.96. The van der Waals surface area contributed by atoms with E-state index in [0.717, 1.165) is 16.7 Å². The normalized spacial score (nSPS) is 11.6. The molecule has 3 heterocycles. The van der Waals surface area contributed by atoms with Crippen molar-refractivity contribution in [3.05, 3.63) is 194 Å². The summed E-state index contributed by atoms with van der Waals surface area (Å²) in [7, 11) is 0. The Bertz CT molecular complexity index is 3160. The van der Waals surface area contributed by atoms with E-state index in [2.05, 4.69) is 138 Å². The largest absolute Gasteiger partial charge is 0.309 e. The number of hydrogen-bond acceptors (Lipinski definition) is 4. The molecule has 0 amide bonds. The number of benzene rings is 8. The summed E-state index contributed by atoms with van der Waals surface area (Å²) < 4.78 is 4.82. The predicted molar refractivity (Wildman–Crippen MR) is 234 cm³/mol. The zero-order valence-electron chi connectivity index (χ0n) is 30.2. The van der Waals surface area contributed by atoms with Crippen LogP contribution in [0.3, 0.4) is 0 Å². The van der Waals surface area contributed by atoms with Gasteiger partial charge < -0.3 is 4.57 Å². The quantitative estimate of drug-likeness (QED) is 0.171. The first-order chi connectivity index (χ1) is 27.7. The lowest BCUT2D eigenvalue weighted by Crippen LogP contribution is -1.99. The fourth-order valence-corrected chi connectivity index (χ4v) is 9.16. The van der Waals surface area contributed by atoms with Crippen molar-refractivity contribution < 1.29 is 0 Å². The van der Waals surface area contributed by atoms with Gasteiger partial charge in [0, 0.05) is 53.3 Å². The van der Waals surface area contributed by atoms with Crippen molar-refractivity contribution in [2.45, 2.75) is 0 Å². The van der Waals surface area contributed by atoms with Gasteiger partial charge in [0.1, 0.15) is 0 Å². The van der Waals surface area contributed by atoms with Crippen molar-refractivity contribution >= 4 is 53.3 Å². The van der Waals surface area contributed by atoms with Crippen molar-refractivity contribution in [1.29, 1.82) is 0 Å². The molecule has 11 rings (SSSR count). The third kappa shape index (κ3) is 5.48. The van der Waals surface area contributed by atoms with Crippen LogP contribution in [0.5, 0.6) is 0 Å². The van der Waals surface area contributed by atoms with Gasteiger partial charge in [0.15, 0.2) is 17.5 Å². The molecule has 0 saturated carbocycles. The summed E-state index contributed by atoms with van der Waals surface area (Å²) in [5, 5.41) is 5.01. The Labute approximate surface area is 327 Å². The molecular formula is C51H32N4S. The molecule has 0 aliphatic rings. The highest BCUT2D eigenvalue weighted by Gasteiger charge is 2.17. The summed E-state index contributed by atoms with van der Waals surface area (Å²) in [4.78, 5) is 14.9. The van der Waals surface area contributed by atoms with Crippen molar-refractivity contribution in [2.75, 3.05) is 0 Å². The summed E-state index contributed by atoms with van der Waals surface area (Å²) in [6, 6.07) is 68.7. The first-order valence-corrected chi connectivity index (χ1v) is 19.6. The van der Waals surface area contributed by atoms with E-state index in [1.54, 1.807) is 0 Å². The van der Waals surface area contributed by atoms with Gasteiger partial charge in [-0.15, -0.1) is 11.3 Å². The van der Waals surface area contributed by atoms with Crippen LogP contribution >= 0.6 is 11.3 Å². The average Bonchev–Trinajstić information content (AvgIpc) is 3.82. The summed E-state index contributed by atoms with van der Waals surface area (Å²) in [5.74, 6) is 1.99. The number of aromatic nitrogens is 4. The number of para-hydroxylation sites is 2. The van der Waals surface area contributed by atoms with Gasteiger partial charge in [-0.05, 0) is 64.7 Å². The molecule has 5 heteroatoms. The monoisotopic (exact) mass is 732 g/mol. The minimum Gasteiger partial charge on any atom is -0.309 e. The molecule has 0 atom stereocenters. The van der Waals surface area contributed by atoms with Crippen LogP contribution in [0.1, 0.15) is 0 Å². The van der Waals surface area contributed by atoms with Gasteiger partial charge >= 0.3 is 0 Å². The molecule has 0 N–H and O–H groups in total. The summed E-state index contributed by atoms with van der Waals surface area (Å²) >= 11 is 1.81. The van der Waals surface area contributed by atoms with Crippen molar-refractivity contribution in [3.8, 4) is 62.1 Å². The highest BCUT2D eigenvalue weighted by atomic mass is 32.1. The second-order valence-electron chi connectivity index (χ2n) is 14.0. The first kappa shape index (κ1) is 32.2. The highest BCUT2D eigenvalue weighted by molar-refractivity contribution is 7.26. The van der Waals surface area contributed by atoms with Gasteiger partial charge in [0.2, 0.25) is 0 Å². The molecule has 4 nitrogen and oxygen atoms in total. The van der Waals surface area contributed by atoms with Crippen molar-refractivity contribution in [1.82, 2.24) is 19.5 Å². The van der Waals surface area contributed by atoms with Crippen LogP contribution < -0.4 is 0 Å². The summed E-state index contributed by atoms with van der Waals surface area (Å²) in [5.41, 5.74) is 11.3. The van der Waals surface area contributed by atoms with Gasteiger partial charge in [-0.1, -0.05) is 152 Å². The van der Waals surface area contributed by atoms with E-state index in [9.17, 15) is 0 Å². The number of fused-ring (bicyclic) bond motifs is 6. The summed E-state index contributed by atoms with van der Waals surface area (Å²) in [6.07, 6.45) is 0. The predicted octanol–water partition coefficient (Wildman–Crippen LogP) is 13.7. The van der Waals surface area contributed by atoms with Crippen LogP contribution in [-0.2, 0) is 0 Å².